The first kappa shape index (κ1) is 24.4. The van der Waals surface area contributed by atoms with E-state index in [0.717, 1.165) is 11.6 Å². The number of fused-ring (bicyclic) bond motifs is 1. The van der Waals surface area contributed by atoms with Crippen LogP contribution in [-0.4, -0.2) is 52.5 Å². The monoisotopic (exact) mass is 509 g/mol. The van der Waals surface area contributed by atoms with Gasteiger partial charge >= 0.3 is 0 Å². The van der Waals surface area contributed by atoms with Gasteiger partial charge in [0.25, 0.3) is 6.43 Å². The maximum Gasteiger partial charge on any atom is 0.266 e. The van der Waals surface area contributed by atoms with Crippen LogP contribution in [0, 0.1) is 11.7 Å². The molecule has 11 heteroatoms. The fourth-order valence-electron chi connectivity index (χ4n) is 5.89. The molecule has 1 aromatic carbocycles. The van der Waals surface area contributed by atoms with Crippen molar-refractivity contribution >= 4 is 23.2 Å². The molecule has 0 radical (unpaired) electrons. The van der Waals surface area contributed by atoms with E-state index in [-0.39, 0.29) is 28.6 Å². The van der Waals surface area contributed by atoms with Gasteiger partial charge in [0.15, 0.2) is 5.78 Å². The van der Waals surface area contributed by atoms with Crippen molar-refractivity contribution < 1.29 is 22.7 Å². The molecule has 188 valence electrons. The van der Waals surface area contributed by atoms with Gasteiger partial charge < -0.3 is 15.8 Å². The van der Waals surface area contributed by atoms with Gasteiger partial charge in [-0.25, -0.2) is 23.1 Å². The number of anilines is 1. The minimum atomic E-state index is -2.97. The predicted octanol–water partition coefficient (Wildman–Crippen LogP) is 3.60. The van der Waals surface area contributed by atoms with Crippen molar-refractivity contribution in [1.82, 2.24) is 14.9 Å². The number of Topliss-reactive ketones (excluding diaryl/α,β-unsaturated/α-hetero) is 1. The zero-order valence-electron chi connectivity index (χ0n) is 19.5. The number of likely N-dealkylation sites (tertiary alicyclic amines) is 1. The molecule has 2 fully saturated rings. The Morgan fingerprint density at radius 1 is 1.29 bits per heavy atom. The molecule has 3 aliphatic rings. The Hall–Kier alpha value is -2.27. The molecule has 1 aromatic heterocycles. The smallest absolute Gasteiger partial charge is 0.266 e. The molecule has 0 saturated carbocycles. The SMILES string of the molecule is CN1C(C2Cc3nc(Cl)nc(N[C@](C)(N)c4cccc(C(F)F)c4F)c3C2)C(=O)C12CCOCC2. The summed E-state index contributed by atoms with van der Waals surface area (Å²) in [5.41, 5.74) is 4.97. The summed E-state index contributed by atoms with van der Waals surface area (Å²) in [6.45, 7) is 2.62. The number of likely N-dealkylation sites (N-methyl/N-ethyl adjacent to an activating group) is 1. The molecule has 3 N–H and O–H groups in total. The van der Waals surface area contributed by atoms with E-state index in [1.165, 1.54) is 19.1 Å². The third-order valence-corrected chi connectivity index (χ3v) is 7.94. The van der Waals surface area contributed by atoms with Crippen molar-refractivity contribution in [2.75, 3.05) is 25.6 Å². The molecule has 7 nitrogen and oxygen atoms in total. The number of hydrogen-bond acceptors (Lipinski definition) is 7. The lowest BCUT2D eigenvalue weighted by Gasteiger charge is -2.58. The van der Waals surface area contributed by atoms with Crippen molar-refractivity contribution in [3.05, 3.63) is 51.7 Å². The van der Waals surface area contributed by atoms with Crippen LogP contribution in [0.3, 0.4) is 0 Å². The highest BCUT2D eigenvalue weighted by atomic mass is 35.5. The van der Waals surface area contributed by atoms with Crippen LogP contribution >= 0.6 is 11.6 Å². The van der Waals surface area contributed by atoms with Crippen molar-refractivity contribution in [3.63, 3.8) is 0 Å². The van der Waals surface area contributed by atoms with Gasteiger partial charge in [0.1, 0.15) is 17.3 Å². The van der Waals surface area contributed by atoms with E-state index >= 15 is 0 Å². The summed E-state index contributed by atoms with van der Waals surface area (Å²) in [6.07, 6.45) is -0.550. The number of carbonyl (C=O) groups excluding carboxylic acids is 1. The molecular weight excluding hydrogens is 483 g/mol. The average Bonchev–Trinajstić information content (AvgIpc) is 3.22. The van der Waals surface area contributed by atoms with Gasteiger partial charge in [0.05, 0.1) is 22.8 Å². The van der Waals surface area contributed by atoms with E-state index in [9.17, 15) is 18.0 Å². The number of nitrogens with zero attached hydrogens (tertiary/aromatic N) is 3. The first-order valence-corrected chi connectivity index (χ1v) is 12.0. The van der Waals surface area contributed by atoms with Crippen molar-refractivity contribution in [3.8, 4) is 0 Å². The number of carbonyl (C=O) groups is 1. The number of aromatic nitrogens is 2. The zero-order chi connectivity index (χ0) is 25.1. The number of nitrogens with two attached hydrogens (primary N) is 1. The Balaban J connectivity index is 1.40. The van der Waals surface area contributed by atoms with Crippen LogP contribution in [0.25, 0.3) is 0 Å². The molecular formula is C24H27ClF3N5O2. The van der Waals surface area contributed by atoms with Gasteiger partial charge in [-0.3, -0.25) is 9.69 Å². The summed E-state index contributed by atoms with van der Waals surface area (Å²) in [5.74, 6) is -0.556. The van der Waals surface area contributed by atoms with Gasteiger partial charge in [-0.2, -0.15) is 0 Å². The van der Waals surface area contributed by atoms with Gasteiger partial charge in [-0.15, -0.1) is 0 Å². The number of hydrogen-bond donors (Lipinski definition) is 2. The van der Waals surface area contributed by atoms with E-state index in [1.54, 1.807) is 0 Å². The summed E-state index contributed by atoms with van der Waals surface area (Å²) in [7, 11) is 1.98. The van der Waals surface area contributed by atoms with Crippen LogP contribution in [0.4, 0.5) is 19.0 Å². The van der Waals surface area contributed by atoms with E-state index in [0.29, 0.717) is 50.4 Å². The molecule has 1 aliphatic carbocycles. The lowest BCUT2D eigenvalue weighted by Crippen LogP contribution is -2.76. The lowest BCUT2D eigenvalue weighted by atomic mass is 9.68. The number of rotatable bonds is 5. The first-order valence-electron chi connectivity index (χ1n) is 11.6. The molecule has 1 spiro atoms. The predicted molar refractivity (Wildman–Crippen MR) is 124 cm³/mol. The van der Waals surface area contributed by atoms with Gasteiger partial charge in [0.2, 0.25) is 5.28 Å². The van der Waals surface area contributed by atoms with Crippen molar-refractivity contribution in [1.29, 1.82) is 0 Å². The second-order valence-electron chi connectivity index (χ2n) is 9.84. The van der Waals surface area contributed by atoms with Gasteiger partial charge in [-0.1, -0.05) is 18.2 Å². The van der Waals surface area contributed by atoms with E-state index < -0.39 is 29.0 Å². The minimum absolute atomic E-state index is 0.0151. The molecule has 3 heterocycles. The molecule has 2 saturated heterocycles. The number of benzene rings is 1. The van der Waals surface area contributed by atoms with E-state index in [2.05, 4.69) is 20.2 Å². The van der Waals surface area contributed by atoms with E-state index in [1.807, 2.05) is 7.05 Å². The van der Waals surface area contributed by atoms with Crippen LogP contribution < -0.4 is 11.1 Å². The molecule has 2 unspecified atom stereocenters. The fourth-order valence-corrected chi connectivity index (χ4v) is 6.08. The Morgan fingerprint density at radius 3 is 2.66 bits per heavy atom. The zero-order valence-corrected chi connectivity index (χ0v) is 20.2. The van der Waals surface area contributed by atoms with Crippen LogP contribution in [0.15, 0.2) is 18.2 Å². The second kappa shape index (κ2) is 8.69. The minimum Gasteiger partial charge on any atom is -0.381 e. The molecule has 0 amide bonds. The lowest BCUT2D eigenvalue weighted by molar-refractivity contribution is -0.172. The summed E-state index contributed by atoms with van der Waals surface area (Å²) in [6, 6.07) is 3.47. The average molecular weight is 510 g/mol. The maximum absolute atomic E-state index is 14.8. The molecule has 5 rings (SSSR count). The third kappa shape index (κ3) is 3.91. The van der Waals surface area contributed by atoms with Crippen LogP contribution in [0.2, 0.25) is 5.28 Å². The Morgan fingerprint density at radius 2 is 2.00 bits per heavy atom. The largest absolute Gasteiger partial charge is 0.381 e. The first-order chi connectivity index (χ1) is 16.5. The molecule has 2 aliphatic heterocycles. The third-order valence-electron chi connectivity index (χ3n) is 7.77. The highest BCUT2D eigenvalue weighted by molar-refractivity contribution is 6.28. The number of alkyl halides is 2. The van der Waals surface area contributed by atoms with Crippen LogP contribution in [0.5, 0.6) is 0 Å². The summed E-state index contributed by atoms with van der Waals surface area (Å²) in [5, 5.41) is 2.98. The maximum atomic E-state index is 14.8. The Bertz CT molecular complexity index is 1170. The number of ether oxygens (including phenoxy) is 1. The summed E-state index contributed by atoms with van der Waals surface area (Å²) < 4.78 is 46.8. The molecule has 35 heavy (non-hydrogen) atoms. The van der Waals surface area contributed by atoms with Crippen molar-refractivity contribution in [2.24, 2.45) is 11.7 Å². The van der Waals surface area contributed by atoms with E-state index in [4.69, 9.17) is 22.1 Å². The molecule has 0 bridgehead atoms. The molecule has 2 aromatic rings. The number of ketones is 1. The van der Waals surface area contributed by atoms with Crippen LogP contribution in [0.1, 0.15) is 48.6 Å². The number of nitrogens with one attached hydrogen (secondary N) is 1. The van der Waals surface area contributed by atoms with Crippen LogP contribution in [-0.2, 0) is 28.0 Å². The summed E-state index contributed by atoms with van der Waals surface area (Å²) in [4.78, 5) is 24.1. The fraction of sp³-hybridized carbons (Fsp3) is 0.542. The number of halogens is 4. The normalized spacial score (nSPS) is 25.4. The Labute approximate surface area is 206 Å². The standard InChI is InChI=1S/C24H27ClF3N5O2/c1-23(29,15-5-3-4-13(17(15)26)20(27)28)32-21-14-10-12(11-16(14)30-22(25)31-21)18-19(34)24(33(18)2)6-8-35-9-7-24/h3-5,12,18,20H,6-11,29H2,1-2H3,(H,30,31,32)/t12?,18?,23-/m0/s1. The van der Waals surface area contributed by atoms with Crippen molar-refractivity contribution in [2.45, 2.75) is 56.3 Å². The Kier molecular flexibility index (Phi) is 6.06. The molecule has 3 atom stereocenters. The highest BCUT2D eigenvalue weighted by Gasteiger charge is 2.61. The second-order valence-corrected chi connectivity index (χ2v) is 10.2. The quantitative estimate of drug-likeness (QED) is 0.470. The van der Waals surface area contributed by atoms with Gasteiger partial charge in [0, 0.05) is 24.3 Å². The highest BCUT2D eigenvalue weighted by Crippen LogP contribution is 2.46. The topological polar surface area (TPSA) is 93.4 Å². The summed E-state index contributed by atoms with van der Waals surface area (Å²) >= 11 is 6.18. The van der Waals surface area contributed by atoms with Gasteiger partial charge in [-0.05, 0) is 57.2 Å².